The van der Waals surface area contributed by atoms with Gasteiger partial charge in [0.05, 0.1) is 22.3 Å². The molecule has 1 aromatic heterocycles. The van der Waals surface area contributed by atoms with Crippen LogP contribution in [0.4, 0.5) is 10.5 Å². The smallest absolute Gasteiger partial charge is 0.412 e. The van der Waals surface area contributed by atoms with Crippen LogP contribution in [0.25, 0.3) is 0 Å². The van der Waals surface area contributed by atoms with Crippen LogP contribution in [0.15, 0.2) is 36.7 Å². The Morgan fingerprint density at radius 1 is 1.32 bits per heavy atom. The molecule has 1 aromatic carbocycles. The van der Waals surface area contributed by atoms with Crippen molar-refractivity contribution in [3.05, 3.63) is 46.7 Å². The van der Waals surface area contributed by atoms with Gasteiger partial charge in [0.2, 0.25) is 6.10 Å². The highest BCUT2D eigenvalue weighted by atomic mass is 35.5. The van der Waals surface area contributed by atoms with Crippen molar-refractivity contribution in [2.24, 2.45) is 0 Å². The SMILES string of the molecule is O=C(Nc1c(Cl)cccc1Cl)OC(Cn1cccn1)C(=O)O. The van der Waals surface area contributed by atoms with E-state index in [1.165, 1.54) is 23.0 Å². The number of benzene rings is 1. The molecule has 9 heteroatoms. The Morgan fingerprint density at radius 2 is 2.00 bits per heavy atom. The average molecular weight is 344 g/mol. The molecule has 116 valence electrons. The molecule has 1 unspecified atom stereocenters. The standard InChI is InChI=1S/C13H11Cl2N3O4/c14-8-3-1-4-9(15)11(8)17-13(21)22-10(12(19)20)7-18-6-2-5-16-18/h1-6,10H,7H2,(H,17,21)(H,19,20). The molecule has 0 radical (unpaired) electrons. The second-order valence-corrected chi connectivity index (χ2v) is 5.00. The van der Waals surface area contributed by atoms with Crippen molar-refractivity contribution >= 4 is 41.0 Å². The van der Waals surface area contributed by atoms with Gasteiger partial charge in [0.15, 0.2) is 0 Å². The van der Waals surface area contributed by atoms with Crippen LogP contribution in [0, 0.1) is 0 Å². The molecule has 2 aromatic rings. The van der Waals surface area contributed by atoms with Crippen molar-refractivity contribution in [2.45, 2.75) is 12.6 Å². The topological polar surface area (TPSA) is 93.5 Å². The van der Waals surface area contributed by atoms with Gasteiger partial charge in [-0.2, -0.15) is 5.10 Å². The molecule has 1 amide bonds. The highest BCUT2D eigenvalue weighted by Gasteiger charge is 2.24. The number of para-hydroxylation sites is 1. The van der Waals surface area contributed by atoms with E-state index in [9.17, 15) is 9.59 Å². The number of rotatable bonds is 5. The lowest BCUT2D eigenvalue weighted by Crippen LogP contribution is -2.33. The lowest BCUT2D eigenvalue weighted by atomic mass is 10.3. The lowest BCUT2D eigenvalue weighted by Gasteiger charge is -2.15. The summed E-state index contributed by atoms with van der Waals surface area (Å²) in [6, 6.07) is 6.30. The van der Waals surface area contributed by atoms with Crippen LogP contribution in [0.5, 0.6) is 0 Å². The second-order valence-electron chi connectivity index (χ2n) is 4.18. The Bertz CT molecular complexity index is 656. The van der Waals surface area contributed by atoms with Crippen LogP contribution in [-0.4, -0.2) is 33.1 Å². The number of carbonyl (C=O) groups excluding carboxylic acids is 1. The fraction of sp³-hybridized carbons (Fsp3) is 0.154. The van der Waals surface area contributed by atoms with Gasteiger partial charge < -0.3 is 9.84 Å². The monoisotopic (exact) mass is 343 g/mol. The molecule has 0 fully saturated rings. The minimum absolute atomic E-state index is 0.119. The van der Waals surface area contributed by atoms with E-state index < -0.39 is 18.2 Å². The van der Waals surface area contributed by atoms with Crippen LogP contribution >= 0.6 is 23.2 Å². The average Bonchev–Trinajstić information content (AvgIpc) is 2.95. The molecule has 22 heavy (non-hydrogen) atoms. The van der Waals surface area contributed by atoms with Crippen LogP contribution in [0.2, 0.25) is 10.0 Å². The van der Waals surface area contributed by atoms with Crippen molar-refractivity contribution in [2.75, 3.05) is 5.32 Å². The Hall–Kier alpha value is -2.25. The number of anilines is 1. The predicted octanol–water partition coefficient (Wildman–Crippen LogP) is 2.89. The molecule has 1 heterocycles. The fourth-order valence-electron chi connectivity index (χ4n) is 1.62. The van der Waals surface area contributed by atoms with Gasteiger partial charge in [-0.25, -0.2) is 9.59 Å². The Kier molecular flexibility index (Phi) is 5.24. The van der Waals surface area contributed by atoms with Gasteiger partial charge in [0, 0.05) is 12.4 Å². The first kappa shape index (κ1) is 16.1. The second kappa shape index (κ2) is 7.15. The van der Waals surface area contributed by atoms with Crippen molar-refractivity contribution in [1.82, 2.24) is 9.78 Å². The molecule has 0 aliphatic carbocycles. The van der Waals surface area contributed by atoms with Gasteiger partial charge in [-0.1, -0.05) is 29.3 Å². The molecule has 0 spiro atoms. The van der Waals surface area contributed by atoms with Crippen molar-refractivity contribution < 1.29 is 19.4 Å². The van der Waals surface area contributed by atoms with E-state index in [2.05, 4.69) is 10.4 Å². The zero-order valence-electron chi connectivity index (χ0n) is 11.1. The van der Waals surface area contributed by atoms with E-state index in [1.807, 2.05) is 0 Å². The highest BCUT2D eigenvalue weighted by Crippen LogP contribution is 2.29. The number of halogens is 2. The number of nitrogens with zero attached hydrogens (tertiary/aromatic N) is 2. The minimum Gasteiger partial charge on any atom is -0.478 e. The largest absolute Gasteiger partial charge is 0.478 e. The zero-order valence-corrected chi connectivity index (χ0v) is 12.6. The number of hydrogen-bond donors (Lipinski definition) is 2. The lowest BCUT2D eigenvalue weighted by molar-refractivity contribution is -0.147. The highest BCUT2D eigenvalue weighted by molar-refractivity contribution is 6.39. The molecule has 2 rings (SSSR count). The van der Waals surface area contributed by atoms with Crippen LogP contribution < -0.4 is 5.32 Å². The summed E-state index contributed by atoms with van der Waals surface area (Å²) in [4.78, 5) is 23.0. The number of amides is 1. The van der Waals surface area contributed by atoms with Crippen LogP contribution in [-0.2, 0) is 16.1 Å². The third-order valence-corrected chi connectivity index (χ3v) is 3.26. The predicted molar refractivity (Wildman–Crippen MR) is 80.2 cm³/mol. The van der Waals surface area contributed by atoms with E-state index in [-0.39, 0.29) is 22.3 Å². The van der Waals surface area contributed by atoms with Crippen LogP contribution in [0.3, 0.4) is 0 Å². The first-order valence-corrected chi connectivity index (χ1v) is 6.85. The zero-order chi connectivity index (χ0) is 16.1. The molecule has 0 saturated heterocycles. The molecular formula is C13H11Cl2N3O4. The maximum atomic E-state index is 11.8. The van der Waals surface area contributed by atoms with Gasteiger partial charge in [0.1, 0.15) is 0 Å². The fourth-order valence-corrected chi connectivity index (χ4v) is 2.11. The van der Waals surface area contributed by atoms with Crippen molar-refractivity contribution in [3.8, 4) is 0 Å². The van der Waals surface area contributed by atoms with E-state index in [4.69, 9.17) is 33.0 Å². The van der Waals surface area contributed by atoms with E-state index in [0.717, 1.165) is 0 Å². The van der Waals surface area contributed by atoms with Gasteiger partial charge in [-0.15, -0.1) is 0 Å². The Labute approximate surface area is 135 Å². The molecule has 2 N–H and O–H groups in total. The summed E-state index contributed by atoms with van der Waals surface area (Å²) >= 11 is 11.8. The number of ether oxygens (including phenoxy) is 1. The molecule has 1 atom stereocenters. The molecule has 7 nitrogen and oxygen atoms in total. The summed E-state index contributed by atoms with van der Waals surface area (Å²) in [5, 5.41) is 15.7. The maximum absolute atomic E-state index is 11.8. The molecule has 0 aliphatic rings. The summed E-state index contributed by atoms with van der Waals surface area (Å²) in [6.45, 7) is -0.119. The summed E-state index contributed by atoms with van der Waals surface area (Å²) in [6.07, 6.45) is 0.667. The summed E-state index contributed by atoms with van der Waals surface area (Å²) in [5.74, 6) is -1.30. The molecule has 0 saturated carbocycles. The molecule has 0 bridgehead atoms. The quantitative estimate of drug-likeness (QED) is 0.870. The Balaban J connectivity index is 2.04. The first-order valence-electron chi connectivity index (χ1n) is 6.09. The summed E-state index contributed by atoms with van der Waals surface area (Å²) < 4.78 is 6.21. The number of carboxylic acids is 1. The number of carbonyl (C=O) groups is 2. The van der Waals surface area contributed by atoms with Gasteiger partial charge in [-0.3, -0.25) is 10.00 Å². The van der Waals surface area contributed by atoms with Crippen LogP contribution in [0.1, 0.15) is 0 Å². The van der Waals surface area contributed by atoms with Gasteiger partial charge in [-0.05, 0) is 18.2 Å². The van der Waals surface area contributed by atoms with E-state index >= 15 is 0 Å². The number of nitrogens with one attached hydrogen (secondary N) is 1. The number of aromatic nitrogens is 2. The normalized spacial score (nSPS) is 11.7. The summed E-state index contributed by atoms with van der Waals surface area (Å²) in [7, 11) is 0. The molecular weight excluding hydrogens is 333 g/mol. The number of aliphatic carboxylic acids is 1. The third-order valence-electron chi connectivity index (χ3n) is 2.63. The van der Waals surface area contributed by atoms with E-state index in [1.54, 1.807) is 18.3 Å². The number of carboxylic acid groups (broad SMARTS) is 1. The van der Waals surface area contributed by atoms with E-state index in [0.29, 0.717) is 0 Å². The maximum Gasteiger partial charge on any atom is 0.412 e. The Morgan fingerprint density at radius 3 is 2.55 bits per heavy atom. The van der Waals surface area contributed by atoms with Gasteiger partial charge in [0.25, 0.3) is 0 Å². The van der Waals surface area contributed by atoms with Gasteiger partial charge >= 0.3 is 12.1 Å². The summed E-state index contributed by atoms with van der Waals surface area (Å²) in [5.41, 5.74) is 0.152. The third kappa shape index (κ3) is 4.12. The van der Waals surface area contributed by atoms with Crippen molar-refractivity contribution in [1.29, 1.82) is 0 Å². The molecule has 0 aliphatic heterocycles. The number of hydrogen-bond acceptors (Lipinski definition) is 4. The minimum atomic E-state index is -1.40. The first-order chi connectivity index (χ1) is 10.5. The van der Waals surface area contributed by atoms with Crippen molar-refractivity contribution in [3.63, 3.8) is 0 Å².